The molecule has 0 bridgehead atoms. The molecule has 1 heterocycles. The van der Waals surface area contributed by atoms with Gasteiger partial charge >= 0.3 is 0 Å². The first-order valence-corrected chi connectivity index (χ1v) is 6.48. The van der Waals surface area contributed by atoms with Crippen molar-refractivity contribution in [2.45, 2.75) is 19.9 Å². The maximum Gasteiger partial charge on any atom is 0.0581 e. The topological polar surface area (TPSA) is 12.0 Å². The summed E-state index contributed by atoms with van der Waals surface area (Å²) in [5.41, 5.74) is 2.40. The van der Waals surface area contributed by atoms with Gasteiger partial charge in [-0.05, 0) is 49.1 Å². The van der Waals surface area contributed by atoms with Crippen molar-refractivity contribution in [3.05, 3.63) is 51.2 Å². The molecule has 0 aliphatic rings. The van der Waals surface area contributed by atoms with Crippen LogP contribution in [-0.4, -0.2) is 0 Å². The van der Waals surface area contributed by atoms with E-state index in [1.54, 1.807) is 11.3 Å². The van der Waals surface area contributed by atoms with Gasteiger partial charge in [0.05, 0.1) is 6.04 Å². The molecule has 1 atom stereocenters. The molecule has 0 amide bonds. The SMILES string of the molecule is Cc1ccsc1C(C)Nc1cccc(Cl)c1. The van der Waals surface area contributed by atoms with Gasteiger partial charge in [-0.2, -0.15) is 0 Å². The molecule has 1 unspecified atom stereocenters. The molecule has 2 rings (SSSR count). The lowest BCUT2D eigenvalue weighted by Crippen LogP contribution is -2.05. The zero-order chi connectivity index (χ0) is 11.5. The lowest BCUT2D eigenvalue weighted by Gasteiger charge is -2.15. The summed E-state index contributed by atoms with van der Waals surface area (Å²) >= 11 is 7.73. The first-order valence-electron chi connectivity index (χ1n) is 5.23. The predicted octanol–water partition coefficient (Wildman–Crippen LogP) is 4.88. The molecule has 1 aromatic heterocycles. The van der Waals surface area contributed by atoms with Gasteiger partial charge in [0, 0.05) is 15.6 Å². The van der Waals surface area contributed by atoms with Crippen LogP contribution in [0.2, 0.25) is 5.02 Å². The minimum atomic E-state index is 0.318. The molecule has 0 aliphatic carbocycles. The molecule has 1 nitrogen and oxygen atoms in total. The van der Waals surface area contributed by atoms with Gasteiger partial charge in [0.2, 0.25) is 0 Å². The summed E-state index contributed by atoms with van der Waals surface area (Å²) in [6.07, 6.45) is 0. The van der Waals surface area contributed by atoms with E-state index < -0.39 is 0 Å². The molecule has 0 radical (unpaired) electrons. The number of anilines is 1. The summed E-state index contributed by atoms with van der Waals surface area (Å²) in [6.45, 7) is 4.31. The summed E-state index contributed by atoms with van der Waals surface area (Å²) in [7, 11) is 0. The molecule has 16 heavy (non-hydrogen) atoms. The highest BCUT2D eigenvalue weighted by atomic mass is 35.5. The predicted molar refractivity (Wildman–Crippen MR) is 72.5 cm³/mol. The van der Waals surface area contributed by atoms with E-state index in [1.807, 2.05) is 24.3 Å². The van der Waals surface area contributed by atoms with Crippen LogP contribution in [0.3, 0.4) is 0 Å². The Kier molecular flexibility index (Phi) is 3.52. The van der Waals surface area contributed by atoms with Crippen molar-refractivity contribution in [2.75, 3.05) is 5.32 Å². The first kappa shape index (κ1) is 11.5. The van der Waals surface area contributed by atoms with Crippen LogP contribution in [0.4, 0.5) is 5.69 Å². The molecule has 84 valence electrons. The van der Waals surface area contributed by atoms with Gasteiger partial charge in [-0.25, -0.2) is 0 Å². The third-order valence-electron chi connectivity index (χ3n) is 2.50. The zero-order valence-corrected chi connectivity index (χ0v) is 10.9. The standard InChI is InChI=1S/C13H14ClNS/c1-9-6-7-16-13(9)10(2)15-12-5-3-4-11(14)8-12/h3-8,10,15H,1-2H3. The number of hydrogen-bond donors (Lipinski definition) is 1. The van der Waals surface area contributed by atoms with Crippen LogP contribution in [0.15, 0.2) is 35.7 Å². The van der Waals surface area contributed by atoms with Crippen molar-refractivity contribution in [1.29, 1.82) is 0 Å². The van der Waals surface area contributed by atoms with Crippen LogP contribution >= 0.6 is 22.9 Å². The molecule has 0 fully saturated rings. The van der Waals surface area contributed by atoms with Crippen molar-refractivity contribution < 1.29 is 0 Å². The zero-order valence-electron chi connectivity index (χ0n) is 9.33. The van der Waals surface area contributed by atoms with E-state index in [-0.39, 0.29) is 0 Å². The average Bonchev–Trinajstić information content (AvgIpc) is 2.64. The highest BCUT2D eigenvalue weighted by molar-refractivity contribution is 7.10. The summed E-state index contributed by atoms with van der Waals surface area (Å²) < 4.78 is 0. The van der Waals surface area contributed by atoms with E-state index in [9.17, 15) is 0 Å². The third-order valence-corrected chi connectivity index (χ3v) is 3.94. The number of aryl methyl sites for hydroxylation is 1. The summed E-state index contributed by atoms with van der Waals surface area (Å²) in [5, 5.41) is 6.34. The Balaban J connectivity index is 2.14. The van der Waals surface area contributed by atoms with E-state index >= 15 is 0 Å². The van der Waals surface area contributed by atoms with Crippen LogP contribution in [-0.2, 0) is 0 Å². The number of nitrogens with one attached hydrogen (secondary N) is 1. The quantitative estimate of drug-likeness (QED) is 0.820. The lowest BCUT2D eigenvalue weighted by atomic mass is 10.2. The lowest BCUT2D eigenvalue weighted by molar-refractivity contribution is 0.899. The Bertz CT molecular complexity index is 478. The van der Waals surface area contributed by atoms with Crippen molar-refractivity contribution in [2.24, 2.45) is 0 Å². The Hall–Kier alpha value is -0.990. The van der Waals surface area contributed by atoms with Gasteiger partial charge in [-0.15, -0.1) is 11.3 Å². The third kappa shape index (κ3) is 2.57. The minimum Gasteiger partial charge on any atom is -0.378 e. The van der Waals surface area contributed by atoms with Gasteiger partial charge in [0.1, 0.15) is 0 Å². The summed E-state index contributed by atoms with van der Waals surface area (Å²) in [6, 6.07) is 10.3. The fourth-order valence-electron chi connectivity index (χ4n) is 1.72. The van der Waals surface area contributed by atoms with Gasteiger partial charge in [-0.1, -0.05) is 17.7 Å². The second kappa shape index (κ2) is 4.89. The van der Waals surface area contributed by atoms with Crippen LogP contribution in [0.5, 0.6) is 0 Å². The molecule has 2 aromatic rings. The Labute approximate surface area is 105 Å². The Morgan fingerprint density at radius 3 is 2.75 bits per heavy atom. The number of halogens is 1. The van der Waals surface area contributed by atoms with Crippen LogP contribution in [0.1, 0.15) is 23.4 Å². The largest absolute Gasteiger partial charge is 0.378 e. The van der Waals surface area contributed by atoms with Gasteiger partial charge in [-0.3, -0.25) is 0 Å². The molecule has 0 aliphatic heterocycles. The van der Waals surface area contributed by atoms with E-state index in [1.165, 1.54) is 10.4 Å². The van der Waals surface area contributed by atoms with Crippen LogP contribution < -0.4 is 5.32 Å². The first-order chi connectivity index (χ1) is 7.66. The number of thiophene rings is 1. The number of benzene rings is 1. The van der Waals surface area contributed by atoms with Crippen LogP contribution in [0.25, 0.3) is 0 Å². The van der Waals surface area contributed by atoms with E-state index in [0.717, 1.165) is 10.7 Å². The van der Waals surface area contributed by atoms with Crippen molar-refractivity contribution in [3.8, 4) is 0 Å². The van der Waals surface area contributed by atoms with Crippen molar-refractivity contribution in [3.63, 3.8) is 0 Å². The summed E-state index contributed by atoms with van der Waals surface area (Å²) in [4.78, 5) is 1.37. The molecular formula is C13H14ClNS. The highest BCUT2D eigenvalue weighted by Crippen LogP contribution is 2.27. The summed E-state index contributed by atoms with van der Waals surface area (Å²) in [5.74, 6) is 0. The maximum absolute atomic E-state index is 5.95. The average molecular weight is 252 g/mol. The fourth-order valence-corrected chi connectivity index (χ4v) is 2.85. The number of hydrogen-bond acceptors (Lipinski definition) is 2. The Morgan fingerprint density at radius 2 is 2.12 bits per heavy atom. The van der Waals surface area contributed by atoms with Crippen LogP contribution in [0, 0.1) is 6.92 Å². The number of rotatable bonds is 3. The monoisotopic (exact) mass is 251 g/mol. The Morgan fingerprint density at radius 1 is 1.31 bits per heavy atom. The molecule has 3 heteroatoms. The molecule has 0 saturated carbocycles. The van der Waals surface area contributed by atoms with Crippen molar-refractivity contribution >= 4 is 28.6 Å². The van der Waals surface area contributed by atoms with E-state index in [2.05, 4.69) is 30.6 Å². The smallest absolute Gasteiger partial charge is 0.0581 e. The molecule has 0 saturated heterocycles. The molecule has 1 aromatic carbocycles. The van der Waals surface area contributed by atoms with Gasteiger partial charge in [0.15, 0.2) is 0 Å². The van der Waals surface area contributed by atoms with Gasteiger partial charge < -0.3 is 5.32 Å². The maximum atomic E-state index is 5.95. The molecule has 1 N–H and O–H groups in total. The van der Waals surface area contributed by atoms with E-state index in [0.29, 0.717) is 6.04 Å². The second-order valence-electron chi connectivity index (χ2n) is 3.84. The second-order valence-corrected chi connectivity index (χ2v) is 5.23. The normalized spacial score (nSPS) is 12.4. The van der Waals surface area contributed by atoms with Gasteiger partial charge in [0.25, 0.3) is 0 Å². The minimum absolute atomic E-state index is 0.318. The van der Waals surface area contributed by atoms with E-state index in [4.69, 9.17) is 11.6 Å². The highest BCUT2D eigenvalue weighted by Gasteiger charge is 2.09. The molecule has 0 spiro atoms. The fraction of sp³-hybridized carbons (Fsp3) is 0.231. The van der Waals surface area contributed by atoms with Crippen molar-refractivity contribution in [1.82, 2.24) is 0 Å². The molecular weight excluding hydrogens is 238 g/mol.